The summed E-state index contributed by atoms with van der Waals surface area (Å²) in [5.74, 6) is 2.56. The van der Waals surface area contributed by atoms with Gasteiger partial charge in [0.05, 0.1) is 0 Å². The summed E-state index contributed by atoms with van der Waals surface area (Å²) in [7, 11) is 1.65. The van der Waals surface area contributed by atoms with Gasteiger partial charge < -0.3 is 4.74 Å². The molecule has 1 heteroatoms. The average Bonchev–Trinajstić information content (AvgIpc) is 1.91. The highest BCUT2D eigenvalue weighted by Gasteiger charge is 1.98. The van der Waals surface area contributed by atoms with Crippen LogP contribution in [-0.2, 0) is 4.74 Å². The van der Waals surface area contributed by atoms with Crippen molar-refractivity contribution in [2.75, 3.05) is 7.11 Å². The van der Waals surface area contributed by atoms with E-state index in [9.17, 15) is 0 Å². The zero-order chi connectivity index (χ0) is 7.11. The molecule has 1 nitrogen and oxygen atoms in total. The Morgan fingerprint density at radius 3 is 2.67 bits per heavy atom. The highest BCUT2D eigenvalue weighted by molar-refractivity contribution is 4.93. The van der Waals surface area contributed by atoms with E-state index in [-0.39, 0.29) is 6.10 Å². The van der Waals surface area contributed by atoms with Gasteiger partial charge in [-0.1, -0.05) is 25.7 Å². The highest BCUT2D eigenvalue weighted by atomic mass is 16.5. The Bertz CT molecular complexity index is 91.2. The van der Waals surface area contributed by atoms with Crippen LogP contribution in [0.3, 0.4) is 0 Å². The molecule has 0 fully saturated rings. The van der Waals surface area contributed by atoms with E-state index in [1.807, 2.05) is 0 Å². The van der Waals surface area contributed by atoms with Gasteiger partial charge in [-0.3, -0.25) is 0 Å². The smallest absolute Gasteiger partial charge is 0.117 e. The summed E-state index contributed by atoms with van der Waals surface area (Å²) in [5.41, 5.74) is 0. The molecule has 52 valence electrons. The molecular formula is C8H14O. The molecule has 0 aromatic rings. The number of rotatable bonds is 4. The van der Waals surface area contributed by atoms with Gasteiger partial charge in [-0.05, 0) is 6.42 Å². The molecule has 1 atom stereocenters. The molecule has 0 aliphatic carbocycles. The fourth-order valence-corrected chi connectivity index (χ4v) is 0.659. The second-order valence-electron chi connectivity index (χ2n) is 2.03. The van der Waals surface area contributed by atoms with Crippen LogP contribution in [0.5, 0.6) is 0 Å². The van der Waals surface area contributed by atoms with Gasteiger partial charge in [-0.25, -0.2) is 0 Å². The monoisotopic (exact) mass is 126 g/mol. The molecule has 0 unspecified atom stereocenters. The normalized spacial score (nSPS) is 12.6. The third kappa shape index (κ3) is 4.05. The molecule has 0 aliphatic heterocycles. The number of methoxy groups -OCH3 is 1. The van der Waals surface area contributed by atoms with Crippen LogP contribution >= 0.6 is 0 Å². The molecule has 0 radical (unpaired) electrons. The van der Waals surface area contributed by atoms with Crippen molar-refractivity contribution in [2.45, 2.75) is 32.3 Å². The van der Waals surface area contributed by atoms with Crippen molar-refractivity contribution in [1.29, 1.82) is 0 Å². The third-order valence-corrected chi connectivity index (χ3v) is 1.29. The van der Waals surface area contributed by atoms with Crippen molar-refractivity contribution in [2.24, 2.45) is 0 Å². The van der Waals surface area contributed by atoms with E-state index >= 15 is 0 Å². The molecule has 0 heterocycles. The number of hydrogen-bond acceptors (Lipinski definition) is 1. The Morgan fingerprint density at radius 2 is 2.33 bits per heavy atom. The van der Waals surface area contributed by atoms with Gasteiger partial charge >= 0.3 is 0 Å². The van der Waals surface area contributed by atoms with Crippen molar-refractivity contribution in [1.82, 2.24) is 0 Å². The number of hydrogen-bond donors (Lipinski definition) is 0. The van der Waals surface area contributed by atoms with Crippen LogP contribution in [-0.4, -0.2) is 13.2 Å². The van der Waals surface area contributed by atoms with E-state index in [2.05, 4.69) is 12.8 Å². The van der Waals surface area contributed by atoms with Gasteiger partial charge in [0.15, 0.2) is 0 Å². The van der Waals surface area contributed by atoms with Gasteiger partial charge in [-0.15, -0.1) is 6.42 Å². The van der Waals surface area contributed by atoms with Crippen molar-refractivity contribution < 1.29 is 4.74 Å². The first-order valence-corrected chi connectivity index (χ1v) is 3.34. The molecule has 0 saturated heterocycles. The van der Waals surface area contributed by atoms with Crippen molar-refractivity contribution in [3.8, 4) is 12.3 Å². The predicted molar refractivity (Wildman–Crippen MR) is 39.2 cm³/mol. The van der Waals surface area contributed by atoms with Crippen LogP contribution in [0, 0.1) is 12.3 Å². The highest BCUT2D eigenvalue weighted by Crippen LogP contribution is 2.01. The maximum absolute atomic E-state index is 5.15. The lowest BCUT2D eigenvalue weighted by Gasteiger charge is -2.05. The largest absolute Gasteiger partial charge is 0.369 e. The van der Waals surface area contributed by atoms with E-state index in [1.165, 1.54) is 6.42 Å². The van der Waals surface area contributed by atoms with Crippen LogP contribution in [0.25, 0.3) is 0 Å². The summed E-state index contributed by atoms with van der Waals surface area (Å²) in [4.78, 5) is 0. The molecule has 0 aromatic carbocycles. The van der Waals surface area contributed by atoms with E-state index < -0.39 is 0 Å². The third-order valence-electron chi connectivity index (χ3n) is 1.29. The molecule has 0 aromatic heterocycles. The van der Waals surface area contributed by atoms with Crippen molar-refractivity contribution in [3.63, 3.8) is 0 Å². The standard InChI is InChI=1S/C8H14O/c1-4-6-7-8(5-2)9-3/h2,8H,4,6-7H2,1,3H3/t8-/m0/s1. The second kappa shape index (κ2) is 5.65. The summed E-state index contributed by atoms with van der Waals surface area (Å²) in [6, 6.07) is 0. The Morgan fingerprint density at radius 1 is 1.67 bits per heavy atom. The fourth-order valence-electron chi connectivity index (χ4n) is 0.659. The molecule has 9 heavy (non-hydrogen) atoms. The maximum atomic E-state index is 5.15. The lowest BCUT2D eigenvalue weighted by atomic mass is 10.2. The zero-order valence-electron chi connectivity index (χ0n) is 6.18. The molecule has 0 N–H and O–H groups in total. The Kier molecular flexibility index (Phi) is 5.35. The second-order valence-corrected chi connectivity index (χ2v) is 2.03. The van der Waals surface area contributed by atoms with E-state index in [0.717, 1.165) is 12.8 Å². The Labute approximate surface area is 57.4 Å². The van der Waals surface area contributed by atoms with Gasteiger partial charge in [-0.2, -0.15) is 0 Å². The molecule has 0 bridgehead atoms. The summed E-state index contributed by atoms with van der Waals surface area (Å²) in [6.07, 6.45) is 8.51. The van der Waals surface area contributed by atoms with Gasteiger partial charge in [0.25, 0.3) is 0 Å². The van der Waals surface area contributed by atoms with E-state index in [0.29, 0.717) is 0 Å². The molecule has 0 saturated carbocycles. The molecule has 0 aliphatic rings. The van der Waals surface area contributed by atoms with Crippen LogP contribution < -0.4 is 0 Å². The predicted octanol–water partition coefficient (Wildman–Crippen LogP) is 1.82. The minimum absolute atomic E-state index is 0.0324. The van der Waals surface area contributed by atoms with Crippen LogP contribution in [0.1, 0.15) is 26.2 Å². The topological polar surface area (TPSA) is 9.23 Å². The number of terminal acetylenes is 1. The van der Waals surface area contributed by atoms with Crippen LogP contribution in [0.2, 0.25) is 0 Å². The molecule has 0 rings (SSSR count). The minimum atomic E-state index is 0.0324. The zero-order valence-corrected chi connectivity index (χ0v) is 6.18. The quantitative estimate of drug-likeness (QED) is 0.522. The lowest BCUT2D eigenvalue weighted by molar-refractivity contribution is 0.139. The van der Waals surface area contributed by atoms with Gasteiger partial charge in [0, 0.05) is 7.11 Å². The number of unbranched alkanes of at least 4 members (excludes halogenated alkanes) is 1. The van der Waals surface area contributed by atoms with Crippen LogP contribution in [0.15, 0.2) is 0 Å². The van der Waals surface area contributed by atoms with E-state index in [1.54, 1.807) is 7.11 Å². The Hall–Kier alpha value is -0.480. The van der Waals surface area contributed by atoms with Crippen molar-refractivity contribution in [3.05, 3.63) is 0 Å². The van der Waals surface area contributed by atoms with Crippen molar-refractivity contribution >= 4 is 0 Å². The average molecular weight is 126 g/mol. The first-order chi connectivity index (χ1) is 4.35. The summed E-state index contributed by atoms with van der Waals surface area (Å²) in [5, 5.41) is 0. The lowest BCUT2D eigenvalue weighted by Crippen LogP contribution is -2.05. The van der Waals surface area contributed by atoms with Crippen LogP contribution in [0.4, 0.5) is 0 Å². The first kappa shape index (κ1) is 8.52. The minimum Gasteiger partial charge on any atom is -0.369 e. The molecule has 0 spiro atoms. The maximum Gasteiger partial charge on any atom is 0.117 e. The SMILES string of the molecule is C#C[C@@H](CCCC)OC. The summed E-state index contributed by atoms with van der Waals surface area (Å²) < 4.78 is 4.97. The van der Waals surface area contributed by atoms with Gasteiger partial charge in [0.1, 0.15) is 6.10 Å². The van der Waals surface area contributed by atoms with E-state index in [4.69, 9.17) is 11.2 Å². The summed E-state index contributed by atoms with van der Waals surface area (Å²) in [6.45, 7) is 2.14. The Balaban J connectivity index is 3.23. The molecular weight excluding hydrogens is 112 g/mol. The summed E-state index contributed by atoms with van der Waals surface area (Å²) >= 11 is 0. The van der Waals surface area contributed by atoms with Gasteiger partial charge in [0.2, 0.25) is 0 Å². The number of ether oxygens (including phenoxy) is 1. The molecule has 0 amide bonds. The fraction of sp³-hybridized carbons (Fsp3) is 0.750. The first-order valence-electron chi connectivity index (χ1n) is 3.34.